The number of ether oxygens (including phenoxy) is 2. The van der Waals surface area contributed by atoms with E-state index in [1.54, 1.807) is 18.3 Å². The second-order valence-electron chi connectivity index (χ2n) is 5.12. The van der Waals surface area contributed by atoms with Gasteiger partial charge in [-0.1, -0.05) is 0 Å². The van der Waals surface area contributed by atoms with E-state index in [0.717, 1.165) is 11.1 Å². The topological polar surface area (TPSA) is 69.7 Å². The summed E-state index contributed by atoms with van der Waals surface area (Å²) in [7, 11) is 0. The molecule has 0 amide bonds. The van der Waals surface area contributed by atoms with Crippen molar-refractivity contribution in [3.63, 3.8) is 0 Å². The lowest BCUT2D eigenvalue weighted by atomic mass is 10.0. The standard InChI is InChI=1S/C18H18FN3O2/c1-2-23-17-4-3-13(19)10-14(17)12-9-15-16(5-6-20)21-7-8-24-18(15)22-11-12/h3-6,9-11H,2,7-8,20H2,1H3. The number of hydrogen-bond acceptors (Lipinski definition) is 5. The van der Waals surface area contributed by atoms with Crippen molar-refractivity contribution in [1.29, 1.82) is 0 Å². The number of halogens is 1. The molecular weight excluding hydrogens is 309 g/mol. The Hall–Kier alpha value is -2.89. The van der Waals surface area contributed by atoms with E-state index < -0.39 is 0 Å². The van der Waals surface area contributed by atoms with E-state index in [9.17, 15) is 4.39 Å². The van der Waals surface area contributed by atoms with Gasteiger partial charge in [-0.2, -0.15) is 0 Å². The Morgan fingerprint density at radius 2 is 2.21 bits per heavy atom. The van der Waals surface area contributed by atoms with Crippen LogP contribution in [0.5, 0.6) is 11.6 Å². The molecule has 1 aliphatic rings. The van der Waals surface area contributed by atoms with Gasteiger partial charge in [-0.05, 0) is 43.5 Å². The largest absolute Gasteiger partial charge is 0.493 e. The molecule has 0 bridgehead atoms. The molecular formula is C18H18FN3O2. The number of hydrogen-bond donors (Lipinski definition) is 1. The zero-order valence-electron chi connectivity index (χ0n) is 13.3. The summed E-state index contributed by atoms with van der Waals surface area (Å²) in [5, 5.41) is 0. The van der Waals surface area contributed by atoms with E-state index in [2.05, 4.69) is 9.98 Å². The second kappa shape index (κ2) is 7.12. The number of allylic oxidation sites excluding steroid dienone is 1. The van der Waals surface area contributed by atoms with Gasteiger partial charge >= 0.3 is 0 Å². The van der Waals surface area contributed by atoms with Gasteiger partial charge in [0.25, 0.3) is 0 Å². The second-order valence-corrected chi connectivity index (χ2v) is 5.12. The highest BCUT2D eigenvalue weighted by molar-refractivity contribution is 6.10. The van der Waals surface area contributed by atoms with E-state index in [1.165, 1.54) is 18.3 Å². The summed E-state index contributed by atoms with van der Waals surface area (Å²) in [6, 6.07) is 6.29. The number of rotatable bonds is 4. The number of fused-ring (bicyclic) bond motifs is 1. The third-order valence-corrected chi connectivity index (χ3v) is 3.55. The number of aromatic nitrogens is 1. The molecule has 0 saturated carbocycles. The maximum atomic E-state index is 13.7. The average Bonchev–Trinajstić information content (AvgIpc) is 2.79. The van der Waals surface area contributed by atoms with Crippen molar-refractivity contribution in [1.82, 2.24) is 4.98 Å². The van der Waals surface area contributed by atoms with Crippen molar-refractivity contribution in [2.75, 3.05) is 19.8 Å². The minimum Gasteiger partial charge on any atom is -0.493 e. The van der Waals surface area contributed by atoms with Crippen molar-refractivity contribution in [3.05, 3.63) is 54.1 Å². The molecule has 2 N–H and O–H groups in total. The van der Waals surface area contributed by atoms with Crippen LogP contribution in [0.4, 0.5) is 4.39 Å². The molecule has 5 nitrogen and oxygen atoms in total. The molecule has 0 atom stereocenters. The monoisotopic (exact) mass is 327 g/mol. The number of nitrogens with two attached hydrogens (primary N) is 1. The third-order valence-electron chi connectivity index (χ3n) is 3.55. The van der Waals surface area contributed by atoms with Crippen LogP contribution in [0.2, 0.25) is 0 Å². The molecule has 0 radical (unpaired) electrons. The zero-order valence-corrected chi connectivity index (χ0v) is 13.3. The fraction of sp³-hybridized carbons (Fsp3) is 0.222. The Kier molecular flexibility index (Phi) is 4.74. The molecule has 0 aliphatic carbocycles. The van der Waals surface area contributed by atoms with Crippen LogP contribution >= 0.6 is 0 Å². The predicted molar refractivity (Wildman–Crippen MR) is 91.0 cm³/mol. The zero-order chi connectivity index (χ0) is 16.9. The number of benzene rings is 1. The molecule has 1 aromatic heterocycles. The summed E-state index contributed by atoms with van der Waals surface area (Å²) < 4.78 is 24.9. The highest BCUT2D eigenvalue weighted by Crippen LogP contribution is 2.33. The molecule has 1 aromatic carbocycles. The first-order valence-electron chi connectivity index (χ1n) is 7.71. The number of nitrogens with zero attached hydrogens (tertiary/aromatic N) is 2. The van der Waals surface area contributed by atoms with Crippen molar-refractivity contribution < 1.29 is 13.9 Å². The lowest BCUT2D eigenvalue weighted by Gasteiger charge is -2.13. The quantitative estimate of drug-likeness (QED) is 0.937. The predicted octanol–water partition coefficient (Wildman–Crippen LogP) is 2.94. The van der Waals surface area contributed by atoms with Crippen molar-refractivity contribution >= 4 is 5.71 Å². The first kappa shape index (κ1) is 16.0. The first-order valence-corrected chi connectivity index (χ1v) is 7.71. The lowest BCUT2D eigenvalue weighted by molar-refractivity contribution is 0.318. The molecule has 2 aromatic rings. The van der Waals surface area contributed by atoms with Crippen molar-refractivity contribution in [2.45, 2.75) is 6.92 Å². The highest BCUT2D eigenvalue weighted by Gasteiger charge is 2.17. The summed E-state index contributed by atoms with van der Waals surface area (Å²) in [6.07, 6.45) is 4.77. The smallest absolute Gasteiger partial charge is 0.223 e. The Bertz CT molecular complexity index is 803. The van der Waals surface area contributed by atoms with Gasteiger partial charge in [0.15, 0.2) is 0 Å². The van der Waals surface area contributed by atoms with Gasteiger partial charge in [-0.25, -0.2) is 9.37 Å². The highest BCUT2D eigenvalue weighted by atomic mass is 19.1. The maximum absolute atomic E-state index is 13.7. The summed E-state index contributed by atoms with van der Waals surface area (Å²) in [4.78, 5) is 8.81. The van der Waals surface area contributed by atoms with Crippen molar-refractivity contribution in [3.8, 4) is 22.8 Å². The van der Waals surface area contributed by atoms with Gasteiger partial charge in [-0.15, -0.1) is 0 Å². The third kappa shape index (κ3) is 3.22. The molecule has 124 valence electrons. The van der Waals surface area contributed by atoms with Crippen LogP contribution in [0.3, 0.4) is 0 Å². The minimum atomic E-state index is -0.338. The first-order chi connectivity index (χ1) is 11.7. The Balaban J connectivity index is 2.13. The molecule has 0 spiro atoms. The van der Waals surface area contributed by atoms with Crippen LogP contribution in [0.1, 0.15) is 12.5 Å². The SMILES string of the molecule is CCOc1ccc(F)cc1-c1cnc2c(c1)C(C=CN)=NCCO2. The van der Waals surface area contributed by atoms with E-state index in [0.29, 0.717) is 42.7 Å². The van der Waals surface area contributed by atoms with Crippen LogP contribution in [0.15, 0.2) is 47.7 Å². The Labute approximate surface area is 139 Å². The van der Waals surface area contributed by atoms with Crippen LogP contribution in [0, 0.1) is 5.82 Å². The molecule has 0 fully saturated rings. The van der Waals surface area contributed by atoms with E-state index >= 15 is 0 Å². The van der Waals surface area contributed by atoms with E-state index in [4.69, 9.17) is 15.2 Å². The van der Waals surface area contributed by atoms with E-state index in [-0.39, 0.29) is 5.82 Å². The van der Waals surface area contributed by atoms with Gasteiger partial charge in [-0.3, -0.25) is 4.99 Å². The van der Waals surface area contributed by atoms with Gasteiger partial charge in [0, 0.05) is 17.3 Å². The Morgan fingerprint density at radius 1 is 1.33 bits per heavy atom. The molecule has 3 rings (SSSR count). The summed E-state index contributed by atoms with van der Waals surface area (Å²) >= 11 is 0. The fourth-order valence-electron chi connectivity index (χ4n) is 2.53. The summed E-state index contributed by atoms with van der Waals surface area (Å²) in [6.45, 7) is 3.34. The van der Waals surface area contributed by atoms with Crippen LogP contribution < -0.4 is 15.2 Å². The van der Waals surface area contributed by atoms with E-state index in [1.807, 2.05) is 13.0 Å². The van der Waals surface area contributed by atoms with Crippen LogP contribution in [-0.2, 0) is 0 Å². The normalized spacial score (nSPS) is 13.8. The van der Waals surface area contributed by atoms with Gasteiger partial charge in [0.2, 0.25) is 5.88 Å². The average molecular weight is 327 g/mol. The summed E-state index contributed by atoms with van der Waals surface area (Å²) in [5.41, 5.74) is 8.27. The number of aliphatic imine (C=N–C) groups is 1. The minimum absolute atomic E-state index is 0.338. The Morgan fingerprint density at radius 3 is 3.00 bits per heavy atom. The molecule has 0 saturated heterocycles. The number of pyridine rings is 1. The van der Waals surface area contributed by atoms with Crippen LogP contribution in [0.25, 0.3) is 11.1 Å². The fourth-order valence-corrected chi connectivity index (χ4v) is 2.53. The molecule has 24 heavy (non-hydrogen) atoms. The summed E-state index contributed by atoms with van der Waals surface area (Å²) in [5.74, 6) is 0.751. The van der Waals surface area contributed by atoms with Crippen molar-refractivity contribution in [2.24, 2.45) is 10.7 Å². The lowest BCUT2D eigenvalue weighted by Crippen LogP contribution is -2.03. The van der Waals surface area contributed by atoms with Gasteiger partial charge in [0.1, 0.15) is 18.2 Å². The van der Waals surface area contributed by atoms with Gasteiger partial charge in [0.05, 0.1) is 24.4 Å². The molecule has 2 heterocycles. The molecule has 6 heteroatoms. The molecule has 0 unspecified atom stereocenters. The maximum Gasteiger partial charge on any atom is 0.223 e. The van der Waals surface area contributed by atoms with Gasteiger partial charge < -0.3 is 15.2 Å². The van der Waals surface area contributed by atoms with Crippen LogP contribution in [-0.4, -0.2) is 30.5 Å². The molecule has 1 aliphatic heterocycles.